The molecule has 2 aromatic rings. The van der Waals surface area contributed by atoms with Crippen molar-refractivity contribution >= 4 is 35.4 Å². The van der Waals surface area contributed by atoms with Crippen molar-refractivity contribution in [3.63, 3.8) is 0 Å². The van der Waals surface area contributed by atoms with Crippen LogP contribution in [0.3, 0.4) is 0 Å². The molecule has 2 heterocycles. The fourth-order valence-corrected chi connectivity index (χ4v) is 6.35. The first-order valence-corrected chi connectivity index (χ1v) is 17.4. The van der Waals surface area contributed by atoms with Gasteiger partial charge in [0.1, 0.15) is 17.8 Å². The lowest BCUT2D eigenvalue weighted by molar-refractivity contribution is -0.141. The number of methoxy groups -OCH3 is 1. The lowest BCUT2D eigenvalue weighted by Crippen LogP contribution is -2.56. The van der Waals surface area contributed by atoms with Gasteiger partial charge in [-0.15, -0.1) is 0 Å². The minimum Gasteiger partial charge on any atom is -0.484 e. The molecule has 2 aliphatic heterocycles. The Balaban J connectivity index is 1.69. The summed E-state index contributed by atoms with van der Waals surface area (Å²) in [6.07, 6.45) is 0.595. The second-order valence-electron chi connectivity index (χ2n) is 13.4. The zero-order valence-corrected chi connectivity index (χ0v) is 29.8. The van der Waals surface area contributed by atoms with Gasteiger partial charge in [-0.25, -0.2) is 0 Å². The van der Waals surface area contributed by atoms with Crippen molar-refractivity contribution < 1.29 is 38.2 Å². The van der Waals surface area contributed by atoms with Gasteiger partial charge in [0.15, 0.2) is 6.61 Å². The van der Waals surface area contributed by atoms with E-state index in [-0.39, 0.29) is 82.4 Å². The smallest absolute Gasteiger partial charge is 0.258 e. The SMILES string of the molecule is COCCN1CC(=O)N[C@@H](Cc2ccccc2)C(=O)N[C@@H]2CN(C(=O)CCNC(C)=O)C[C@H]2c2cccc(c2)OCC(=O)N[C@H](CC(C)C)C1=O. The minimum absolute atomic E-state index is 0.0444. The first-order valence-electron chi connectivity index (χ1n) is 17.4. The fraction of sp³-hybridized carbons (Fsp3) is 0.514. The molecule has 0 aromatic heterocycles. The van der Waals surface area contributed by atoms with Gasteiger partial charge < -0.3 is 40.5 Å². The van der Waals surface area contributed by atoms with Gasteiger partial charge in [0.2, 0.25) is 29.5 Å². The van der Waals surface area contributed by atoms with Crippen LogP contribution in [0.1, 0.15) is 50.7 Å². The number of hydrogen-bond donors (Lipinski definition) is 4. The summed E-state index contributed by atoms with van der Waals surface area (Å²) < 4.78 is 11.1. The van der Waals surface area contributed by atoms with Gasteiger partial charge in [0, 0.05) is 59.0 Å². The van der Waals surface area contributed by atoms with Gasteiger partial charge in [-0.05, 0) is 35.6 Å². The van der Waals surface area contributed by atoms with E-state index in [4.69, 9.17) is 9.47 Å². The van der Waals surface area contributed by atoms with Crippen LogP contribution in [0.2, 0.25) is 0 Å². The average Bonchev–Trinajstić information content (AvgIpc) is 3.52. The molecule has 4 N–H and O–H groups in total. The monoisotopic (exact) mass is 706 g/mol. The molecule has 2 bridgehead atoms. The van der Waals surface area contributed by atoms with Crippen LogP contribution in [-0.2, 0) is 39.9 Å². The molecule has 4 rings (SSSR count). The van der Waals surface area contributed by atoms with Crippen molar-refractivity contribution in [2.45, 2.75) is 64.1 Å². The first kappa shape index (κ1) is 38.8. The van der Waals surface area contributed by atoms with Crippen molar-refractivity contribution in [2.75, 3.05) is 53.0 Å². The van der Waals surface area contributed by atoms with Gasteiger partial charge >= 0.3 is 0 Å². The number of benzene rings is 2. The molecule has 1 saturated heterocycles. The molecule has 2 aliphatic rings. The number of rotatable bonds is 10. The molecule has 0 spiro atoms. The molecule has 276 valence electrons. The maximum Gasteiger partial charge on any atom is 0.258 e. The Morgan fingerprint density at radius 3 is 2.41 bits per heavy atom. The normalized spacial score (nSPS) is 21.8. The first-order chi connectivity index (χ1) is 24.4. The lowest BCUT2D eigenvalue weighted by Gasteiger charge is -2.29. The third-order valence-corrected chi connectivity index (χ3v) is 8.86. The largest absolute Gasteiger partial charge is 0.484 e. The number of nitrogens with zero attached hydrogens (tertiary/aromatic N) is 2. The maximum absolute atomic E-state index is 14.1. The summed E-state index contributed by atoms with van der Waals surface area (Å²) in [5.41, 5.74) is 1.59. The average molecular weight is 707 g/mol. The number of fused-ring (bicyclic) bond motifs is 4. The summed E-state index contributed by atoms with van der Waals surface area (Å²) in [7, 11) is 1.49. The molecule has 0 aliphatic carbocycles. The predicted molar refractivity (Wildman–Crippen MR) is 188 cm³/mol. The van der Waals surface area contributed by atoms with Crippen LogP contribution in [0, 0.1) is 5.92 Å². The summed E-state index contributed by atoms with van der Waals surface area (Å²) in [4.78, 5) is 82.4. The molecule has 51 heavy (non-hydrogen) atoms. The zero-order valence-electron chi connectivity index (χ0n) is 29.8. The topological polar surface area (TPSA) is 175 Å². The van der Waals surface area contributed by atoms with E-state index in [2.05, 4.69) is 21.3 Å². The minimum atomic E-state index is -1.01. The number of carbonyl (C=O) groups excluding carboxylic acids is 6. The highest BCUT2D eigenvalue weighted by Gasteiger charge is 2.39. The highest BCUT2D eigenvalue weighted by Crippen LogP contribution is 2.31. The molecule has 6 amide bonds. The third kappa shape index (κ3) is 11.8. The van der Waals surface area contributed by atoms with Crippen LogP contribution >= 0.6 is 0 Å². The number of likely N-dealkylation sites (tertiary alicyclic amines) is 1. The van der Waals surface area contributed by atoms with Crippen LogP contribution in [0.15, 0.2) is 54.6 Å². The molecule has 4 atom stereocenters. The second kappa shape index (κ2) is 18.9. The van der Waals surface area contributed by atoms with E-state index in [1.807, 2.05) is 50.2 Å². The molecule has 1 fully saturated rings. The van der Waals surface area contributed by atoms with Gasteiger partial charge in [-0.2, -0.15) is 0 Å². The van der Waals surface area contributed by atoms with E-state index < -0.39 is 41.8 Å². The van der Waals surface area contributed by atoms with E-state index in [1.54, 1.807) is 23.1 Å². The summed E-state index contributed by atoms with van der Waals surface area (Å²) in [5.74, 6) is -2.26. The second-order valence-corrected chi connectivity index (χ2v) is 13.4. The quantitative estimate of drug-likeness (QED) is 0.280. The van der Waals surface area contributed by atoms with Crippen LogP contribution in [-0.4, -0.2) is 116 Å². The number of amides is 6. The Bertz CT molecular complexity index is 1540. The van der Waals surface area contributed by atoms with Gasteiger partial charge in [0.25, 0.3) is 5.91 Å². The molecule has 14 heteroatoms. The summed E-state index contributed by atoms with van der Waals surface area (Å²) in [6, 6.07) is 13.9. The zero-order chi connectivity index (χ0) is 36.9. The maximum atomic E-state index is 14.1. The highest BCUT2D eigenvalue weighted by molar-refractivity contribution is 5.93. The van der Waals surface area contributed by atoms with E-state index in [1.165, 1.54) is 18.9 Å². The van der Waals surface area contributed by atoms with Crippen molar-refractivity contribution in [1.82, 2.24) is 31.1 Å². The van der Waals surface area contributed by atoms with E-state index in [0.29, 0.717) is 12.2 Å². The van der Waals surface area contributed by atoms with Crippen molar-refractivity contribution in [3.8, 4) is 5.75 Å². The Kier molecular flexibility index (Phi) is 14.4. The molecular formula is C37H50N6O8. The van der Waals surface area contributed by atoms with Gasteiger partial charge in [-0.3, -0.25) is 28.8 Å². The number of carbonyl (C=O) groups is 6. The van der Waals surface area contributed by atoms with Crippen LogP contribution in [0.4, 0.5) is 0 Å². The number of hydrogen-bond acceptors (Lipinski definition) is 8. The van der Waals surface area contributed by atoms with Crippen LogP contribution in [0.25, 0.3) is 0 Å². The molecule has 0 unspecified atom stereocenters. The van der Waals surface area contributed by atoms with E-state index >= 15 is 0 Å². The van der Waals surface area contributed by atoms with Crippen LogP contribution < -0.4 is 26.0 Å². The highest BCUT2D eigenvalue weighted by atomic mass is 16.5. The van der Waals surface area contributed by atoms with Gasteiger partial charge in [0.05, 0.1) is 19.2 Å². The lowest BCUT2D eigenvalue weighted by atomic mass is 9.93. The predicted octanol–water partition coefficient (Wildman–Crippen LogP) is 0.749. The van der Waals surface area contributed by atoms with Crippen molar-refractivity contribution in [3.05, 3.63) is 65.7 Å². The molecular weight excluding hydrogens is 656 g/mol. The van der Waals surface area contributed by atoms with E-state index in [0.717, 1.165) is 11.1 Å². The van der Waals surface area contributed by atoms with Crippen molar-refractivity contribution in [1.29, 1.82) is 0 Å². The van der Waals surface area contributed by atoms with Crippen molar-refractivity contribution in [2.24, 2.45) is 5.92 Å². The molecule has 0 saturated carbocycles. The van der Waals surface area contributed by atoms with Gasteiger partial charge in [-0.1, -0.05) is 56.3 Å². The molecule has 0 radical (unpaired) electrons. The molecule has 14 nitrogen and oxygen atoms in total. The third-order valence-electron chi connectivity index (χ3n) is 8.86. The number of ether oxygens (including phenoxy) is 2. The Morgan fingerprint density at radius 1 is 0.961 bits per heavy atom. The summed E-state index contributed by atoms with van der Waals surface area (Å²) in [5, 5.41) is 11.4. The molecule has 2 aromatic carbocycles. The summed E-state index contributed by atoms with van der Waals surface area (Å²) in [6.45, 7) is 5.43. The Labute approximate surface area is 299 Å². The van der Waals surface area contributed by atoms with Crippen LogP contribution in [0.5, 0.6) is 5.75 Å². The Hall–Kier alpha value is -4.98. The standard InChI is InChI=1S/C37H50N6O8/c1-24(2)17-31-37(49)42(15-16-50-4)22-33(45)39-30(18-26-9-6-5-7-10-26)36(48)41-32-21-43(35(47)13-14-38-25(3)44)20-29(32)27-11-8-12-28(19-27)51-23-34(46)40-31/h5-12,19,24,29-32H,13-18,20-23H2,1-4H3,(H,38,44)(H,39,45)(H,40,46)(H,41,48)/t29-,30-,31+,32+/m0/s1. The number of nitrogens with one attached hydrogen (secondary N) is 4. The van der Waals surface area contributed by atoms with E-state index in [9.17, 15) is 28.8 Å². The summed E-state index contributed by atoms with van der Waals surface area (Å²) >= 11 is 0. The Morgan fingerprint density at radius 2 is 1.71 bits per heavy atom. The fourth-order valence-electron chi connectivity index (χ4n) is 6.35.